The molecule has 2 aromatic rings. The third-order valence-electron chi connectivity index (χ3n) is 5.77. The Balaban J connectivity index is 1.64. The lowest BCUT2D eigenvalue weighted by Crippen LogP contribution is -2.45. The van der Waals surface area contributed by atoms with Crippen molar-refractivity contribution in [3.8, 4) is 17.2 Å². The third-order valence-corrected chi connectivity index (χ3v) is 7.37. The van der Waals surface area contributed by atoms with E-state index in [1.165, 1.54) is 13.3 Å². The number of rotatable bonds is 14. The smallest absolute Gasteiger partial charge is 0.344 e. The van der Waals surface area contributed by atoms with Gasteiger partial charge in [-0.1, -0.05) is 6.07 Å². The van der Waals surface area contributed by atoms with Crippen molar-refractivity contribution in [2.75, 3.05) is 33.5 Å². The highest BCUT2D eigenvalue weighted by atomic mass is 127. The summed E-state index contributed by atoms with van der Waals surface area (Å²) in [5, 5.41) is 19.8. The number of carbonyl (C=O) groups is 3. The SMILES string of the molecule is CCOC(=O)COc1c(I)cc(/C=N\N[C@@H](O)COc2ccc([C@H]3NC(=O)NC(C)=C3C(=O)OC)cc2OCC)cc1I. The average molecular weight is 822 g/mol. The average Bonchev–Trinajstić information content (AvgIpc) is 2.95. The number of hydrazone groups is 1. The van der Waals surface area contributed by atoms with Gasteiger partial charge in [-0.25, -0.2) is 14.4 Å². The predicted molar refractivity (Wildman–Crippen MR) is 173 cm³/mol. The number of nitrogens with one attached hydrogen (secondary N) is 3. The quantitative estimate of drug-likeness (QED) is 0.0731. The summed E-state index contributed by atoms with van der Waals surface area (Å²) < 4.78 is 28.5. The molecule has 0 unspecified atom stereocenters. The van der Waals surface area contributed by atoms with Crippen molar-refractivity contribution in [3.05, 3.63) is 59.9 Å². The molecule has 1 aliphatic rings. The maximum absolute atomic E-state index is 12.4. The highest BCUT2D eigenvalue weighted by Gasteiger charge is 2.32. The Morgan fingerprint density at radius 1 is 1.09 bits per heavy atom. The molecule has 1 aliphatic heterocycles. The van der Waals surface area contributed by atoms with Gasteiger partial charge in [0, 0.05) is 5.70 Å². The van der Waals surface area contributed by atoms with E-state index in [0.717, 1.165) is 12.7 Å². The molecule has 15 heteroatoms. The van der Waals surface area contributed by atoms with Gasteiger partial charge in [0.1, 0.15) is 12.4 Å². The van der Waals surface area contributed by atoms with Gasteiger partial charge in [0.25, 0.3) is 0 Å². The van der Waals surface area contributed by atoms with E-state index in [2.05, 4.69) is 66.3 Å². The topological polar surface area (TPSA) is 166 Å². The molecule has 0 bridgehead atoms. The second-order valence-corrected chi connectivity index (χ2v) is 11.1. The monoisotopic (exact) mass is 822 g/mol. The largest absolute Gasteiger partial charge is 0.490 e. The van der Waals surface area contributed by atoms with E-state index in [0.29, 0.717) is 35.1 Å². The number of hydrogen-bond donors (Lipinski definition) is 4. The first kappa shape index (κ1) is 34.2. The van der Waals surface area contributed by atoms with Gasteiger partial charge in [-0.15, -0.1) is 0 Å². The summed E-state index contributed by atoms with van der Waals surface area (Å²) in [4.78, 5) is 36.1. The Bertz CT molecular complexity index is 1380. The number of aliphatic hydroxyl groups is 1. The number of hydrogen-bond acceptors (Lipinski definition) is 11. The van der Waals surface area contributed by atoms with Crippen LogP contribution < -0.4 is 30.3 Å². The van der Waals surface area contributed by atoms with Gasteiger partial charge >= 0.3 is 18.0 Å². The fourth-order valence-electron chi connectivity index (χ4n) is 3.95. The van der Waals surface area contributed by atoms with Crippen LogP contribution in [0.5, 0.6) is 17.2 Å². The van der Waals surface area contributed by atoms with E-state index in [9.17, 15) is 19.5 Å². The maximum atomic E-state index is 12.4. The molecule has 1 heterocycles. The minimum absolute atomic E-state index is 0.164. The van der Waals surface area contributed by atoms with Crippen LogP contribution in [0.2, 0.25) is 0 Å². The fourth-order valence-corrected chi connectivity index (χ4v) is 6.07. The zero-order valence-electron chi connectivity index (χ0n) is 23.9. The predicted octanol–water partition coefficient (Wildman–Crippen LogP) is 3.36. The Morgan fingerprint density at radius 3 is 2.47 bits per heavy atom. The summed E-state index contributed by atoms with van der Waals surface area (Å²) in [6.45, 7) is 5.41. The van der Waals surface area contributed by atoms with Crippen LogP contribution >= 0.6 is 45.2 Å². The maximum Gasteiger partial charge on any atom is 0.344 e. The molecule has 2 aromatic carbocycles. The van der Waals surface area contributed by atoms with Crippen molar-refractivity contribution in [3.63, 3.8) is 0 Å². The summed E-state index contributed by atoms with van der Waals surface area (Å²) in [7, 11) is 1.27. The number of aliphatic hydroxyl groups excluding tert-OH is 1. The molecule has 0 spiro atoms. The minimum Gasteiger partial charge on any atom is -0.490 e. The standard InChI is InChI=1S/C28H32I2N4O9/c1-5-40-21-11-17(25-24(27(37)39-4)15(3)32-28(38)33-25)7-8-20(21)42-13-22(35)34-31-12-16-9-18(29)26(19(30)10-16)43-14-23(36)41-6-2/h7-12,22,25,34-35H,5-6,13-14H2,1-4H3,(H2,32,33,38)/b31-12-/t22-,25+/m0/s1. The Labute approximate surface area is 276 Å². The highest BCUT2D eigenvalue weighted by molar-refractivity contribution is 14.1. The van der Waals surface area contributed by atoms with Gasteiger partial charge in [0.05, 0.1) is 45.3 Å². The Morgan fingerprint density at radius 2 is 1.81 bits per heavy atom. The first-order chi connectivity index (χ1) is 20.6. The molecule has 0 saturated carbocycles. The summed E-state index contributed by atoms with van der Waals surface area (Å²) in [6, 6.07) is 7.40. The van der Waals surface area contributed by atoms with E-state index in [1.54, 1.807) is 39.0 Å². The molecular formula is C28H32I2N4O9. The molecule has 232 valence electrons. The number of ether oxygens (including phenoxy) is 5. The van der Waals surface area contributed by atoms with Crippen LogP contribution in [0.3, 0.4) is 0 Å². The van der Waals surface area contributed by atoms with Crippen molar-refractivity contribution in [1.29, 1.82) is 0 Å². The van der Waals surface area contributed by atoms with Crippen molar-refractivity contribution >= 4 is 69.4 Å². The molecular weight excluding hydrogens is 790 g/mol. The van der Waals surface area contributed by atoms with Crippen LogP contribution in [0.15, 0.2) is 46.7 Å². The van der Waals surface area contributed by atoms with Crippen LogP contribution in [0.1, 0.15) is 37.9 Å². The van der Waals surface area contributed by atoms with Gasteiger partial charge in [-0.2, -0.15) is 5.10 Å². The number of allylic oxidation sites excluding steroid dienone is 1. The lowest BCUT2D eigenvalue weighted by molar-refractivity contribution is -0.145. The number of halogens is 2. The van der Waals surface area contributed by atoms with Gasteiger partial charge in [0.15, 0.2) is 24.3 Å². The Kier molecular flexibility index (Phi) is 13.1. The molecule has 13 nitrogen and oxygen atoms in total. The number of nitrogens with zero attached hydrogens (tertiary/aromatic N) is 1. The molecule has 0 radical (unpaired) electrons. The molecule has 0 fully saturated rings. The van der Waals surface area contributed by atoms with Crippen LogP contribution in [0.25, 0.3) is 0 Å². The molecule has 0 aromatic heterocycles. The van der Waals surface area contributed by atoms with Gasteiger partial charge < -0.3 is 39.4 Å². The van der Waals surface area contributed by atoms with Crippen molar-refractivity contribution < 1.29 is 43.2 Å². The zero-order valence-corrected chi connectivity index (χ0v) is 28.2. The summed E-state index contributed by atoms with van der Waals surface area (Å²) in [5.41, 5.74) is 4.58. The first-order valence-corrected chi connectivity index (χ1v) is 15.2. The second kappa shape index (κ2) is 16.5. The number of urea groups is 1. The molecule has 3 rings (SSSR count). The highest BCUT2D eigenvalue weighted by Crippen LogP contribution is 2.35. The van der Waals surface area contributed by atoms with Crippen LogP contribution in [-0.4, -0.2) is 69.1 Å². The van der Waals surface area contributed by atoms with E-state index in [4.69, 9.17) is 23.7 Å². The third kappa shape index (κ3) is 9.59. The molecule has 0 aliphatic carbocycles. The number of esters is 2. The van der Waals surface area contributed by atoms with E-state index in [1.807, 2.05) is 12.1 Å². The number of benzene rings is 2. The van der Waals surface area contributed by atoms with Crippen LogP contribution in [-0.2, 0) is 19.1 Å². The van der Waals surface area contributed by atoms with E-state index in [-0.39, 0.29) is 25.4 Å². The van der Waals surface area contributed by atoms with Crippen molar-refractivity contribution in [2.24, 2.45) is 5.10 Å². The van der Waals surface area contributed by atoms with Gasteiger partial charge in [0.2, 0.25) is 0 Å². The van der Waals surface area contributed by atoms with E-state index >= 15 is 0 Å². The molecule has 0 saturated heterocycles. The number of methoxy groups -OCH3 is 1. The summed E-state index contributed by atoms with van der Waals surface area (Å²) >= 11 is 4.21. The first-order valence-electron chi connectivity index (χ1n) is 13.1. The van der Waals surface area contributed by atoms with Gasteiger partial charge in [-0.05, 0) is 101 Å². The Hall–Kier alpha value is -3.32. The summed E-state index contributed by atoms with van der Waals surface area (Å²) in [5.74, 6) is 0.253. The van der Waals surface area contributed by atoms with Crippen molar-refractivity contribution in [1.82, 2.24) is 16.1 Å². The normalized spacial score (nSPS) is 15.3. The second-order valence-electron chi connectivity index (χ2n) is 8.82. The molecule has 43 heavy (non-hydrogen) atoms. The zero-order chi connectivity index (χ0) is 31.5. The lowest BCUT2D eigenvalue weighted by Gasteiger charge is -2.28. The number of amides is 2. The number of carbonyl (C=O) groups excluding carboxylic acids is 3. The molecule has 2 amide bonds. The minimum atomic E-state index is -1.16. The molecule has 2 atom stereocenters. The molecule has 4 N–H and O–H groups in total. The van der Waals surface area contributed by atoms with Crippen molar-refractivity contribution in [2.45, 2.75) is 33.0 Å². The summed E-state index contributed by atoms with van der Waals surface area (Å²) in [6.07, 6.45) is 0.376. The fraction of sp³-hybridized carbons (Fsp3) is 0.357. The lowest BCUT2D eigenvalue weighted by atomic mass is 9.95. The van der Waals surface area contributed by atoms with Crippen LogP contribution in [0.4, 0.5) is 4.79 Å². The van der Waals surface area contributed by atoms with Gasteiger partial charge in [-0.3, -0.25) is 5.43 Å². The van der Waals surface area contributed by atoms with E-state index < -0.39 is 30.2 Å². The van der Waals surface area contributed by atoms with Crippen LogP contribution in [0, 0.1) is 7.14 Å².